The lowest BCUT2D eigenvalue weighted by atomic mass is 10.2. The lowest BCUT2D eigenvalue weighted by molar-refractivity contribution is 0.457. The third kappa shape index (κ3) is 3.02. The number of rotatable bonds is 4. The van der Waals surface area contributed by atoms with Crippen LogP contribution >= 0.6 is 11.6 Å². The average Bonchev–Trinajstić information content (AvgIpc) is 2.41. The molecule has 0 aliphatic carbocycles. The Balaban J connectivity index is 2.31. The summed E-state index contributed by atoms with van der Waals surface area (Å²) in [5, 5.41) is 0. The predicted molar refractivity (Wildman–Crippen MR) is 74.4 cm³/mol. The van der Waals surface area contributed by atoms with E-state index in [4.69, 9.17) is 16.3 Å². The van der Waals surface area contributed by atoms with E-state index in [2.05, 4.69) is 11.9 Å². The normalized spacial score (nSPS) is 10.4. The fourth-order valence-electron chi connectivity index (χ4n) is 1.71. The van der Waals surface area contributed by atoms with Crippen LogP contribution in [0.1, 0.15) is 23.7 Å². The first-order valence-electron chi connectivity index (χ1n) is 6.02. The van der Waals surface area contributed by atoms with Gasteiger partial charge in [-0.05, 0) is 36.6 Å². The first-order valence-corrected chi connectivity index (χ1v) is 6.55. The highest BCUT2D eigenvalue weighted by atomic mass is 35.5. The molecule has 18 heavy (non-hydrogen) atoms. The highest BCUT2D eigenvalue weighted by Crippen LogP contribution is 2.24. The van der Waals surface area contributed by atoms with E-state index in [9.17, 15) is 0 Å². The monoisotopic (exact) mass is 261 g/mol. The second-order valence-electron chi connectivity index (χ2n) is 4.16. The van der Waals surface area contributed by atoms with Crippen LogP contribution in [0, 0.1) is 6.92 Å². The third-order valence-corrected chi connectivity index (χ3v) is 3.05. The Morgan fingerprint density at radius 3 is 2.67 bits per heavy atom. The SMILES string of the molecule is CCc1cc(CCl)cc(Oc2ccccc2C)n1. The summed E-state index contributed by atoms with van der Waals surface area (Å²) in [5.41, 5.74) is 3.12. The first-order chi connectivity index (χ1) is 8.72. The molecular formula is C15H16ClNO. The van der Waals surface area contributed by atoms with Crippen LogP contribution in [0.3, 0.4) is 0 Å². The summed E-state index contributed by atoms with van der Waals surface area (Å²) in [7, 11) is 0. The molecule has 0 saturated heterocycles. The second-order valence-corrected chi connectivity index (χ2v) is 4.43. The Bertz CT molecular complexity index is 518. The number of aromatic nitrogens is 1. The van der Waals surface area contributed by atoms with Gasteiger partial charge in [-0.25, -0.2) is 4.98 Å². The Morgan fingerprint density at radius 1 is 1.22 bits per heavy atom. The number of para-hydroxylation sites is 1. The van der Waals surface area contributed by atoms with Crippen molar-refractivity contribution in [3.8, 4) is 11.6 Å². The Labute approximate surface area is 113 Å². The molecule has 0 atom stereocenters. The summed E-state index contributed by atoms with van der Waals surface area (Å²) in [6, 6.07) is 11.8. The first kappa shape index (κ1) is 12.9. The van der Waals surface area contributed by atoms with Crippen LogP contribution in [0.5, 0.6) is 11.6 Å². The maximum absolute atomic E-state index is 5.88. The van der Waals surface area contributed by atoms with Gasteiger partial charge in [0.2, 0.25) is 5.88 Å². The van der Waals surface area contributed by atoms with Gasteiger partial charge in [0.05, 0.1) is 0 Å². The minimum absolute atomic E-state index is 0.472. The summed E-state index contributed by atoms with van der Waals surface area (Å²) in [6.07, 6.45) is 0.870. The largest absolute Gasteiger partial charge is 0.439 e. The van der Waals surface area contributed by atoms with Gasteiger partial charge in [0.1, 0.15) is 5.75 Å². The Hall–Kier alpha value is -1.54. The van der Waals surface area contributed by atoms with E-state index in [1.165, 1.54) is 0 Å². The van der Waals surface area contributed by atoms with Crippen molar-refractivity contribution in [2.75, 3.05) is 0 Å². The molecule has 0 unspecified atom stereocenters. The van der Waals surface area contributed by atoms with Crippen LogP contribution in [-0.4, -0.2) is 4.98 Å². The van der Waals surface area contributed by atoms with Gasteiger partial charge in [0.15, 0.2) is 0 Å². The molecule has 2 aromatic rings. The lowest BCUT2D eigenvalue weighted by Gasteiger charge is -2.10. The number of hydrogen-bond donors (Lipinski definition) is 0. The number of halogens is 1. The van der Waals surface area contributed by atoms with E-state index < -0.39 is 0 Å². The average molecular weight is 262 g/mol. The molecular weight excluding hydrogens is 246 g/mol. The molecule has 0 aliphatic heterocycles. The highest BCUT2D eigenvalue weighted by molar-refractivity contribution is 6.17. The van der Waals surface area contributed by atoms with Crippen molar-refractivity contribution in [3.05, 3.63) is 53.2 Å². The molecule has 0 fully saturated rings. The number of nitrogens with zero attached hydrogens (tertiary/aromatic N) is 1. The zero-order valence-electron chi connectivity index (χ0n) is 10.6. The molecule has 0 amide bonds. The van der Waals surface area contributed by atoms with Crippen molar-refractivity contribution in [2.24, 2.45) is 0 Å². The zero-order valence-corrected chi connectivity index (χ0v) is 11.4. The van der Waals surface area contributed by atoms with Crippen LogP contribution in [-0.2, 0) is 12.3 Å². The molecule has 94 valence electrons. The summed E-state index contributed by atoms with van der Waals surface area (Å²) >= 11 is 5.88. The highest BCUT2D eigenvalue weighted by Gasteiger charge is 2.05. The van der Waals surface area contributed by atoms with Crippen molar-refractivity contribution >= 4 is 11.6 Å². The van der Waals surface area contributed by atoms with Crippen molar-refractivity contribution < 1.29 is 4.74 Å². The van der Waals surface area contributed by atoms with Gasteiger partial charge in [-0.3, -0.25) is 0 Å². The number of alkyl halides is 1. The van der Waals surface area contributed by atoms with Gasteiger partial charge < -0.3 is 4.74 Å². The third-order valence-electron chi connectivity index (χ3n) is 2.74. The van der Waals surface area contributed by atoms with Gasteiger partial charge in [-0.1, -0.05) is 25.1 Å². The molecule has 0 radical (unpaired) electrons. The van der Waals surface area contributed by atoms with Gasteiger partial charge in [-0.15, -0.1) is 11.6 Å². The maximum Gasteiger partial charge on any atom is 0.219 e. The summed E-state index contributed by atoms with van der Waals surface area (Å²) in [5.74, 6) is 1.91. The molecule has 0 saturated carbocycles. The quantitative estimate of drug-likeness (QED) is 0.757. The van der Waals surface area contributed by atoms with Crippen LogP contribution in [0.15, 0.2) is 36.4 Å². The summed E-state index contributed by atoms with van der Waals surface area (Å²) in [4.78, 5) is 4.46. The van der Waals surface area contributed by atoms with Crippen LogP contribution < -0.4 is 4.74 Å². The standard InChI is InChI=1S/C15H16ClNO/c1-3-13-8-12(10-16)9-15(17-13)18-14-7-5-4-6-11(14)2/h4-9H,3,10H2,1-2H3. The fourth-order valence-corrected chi connectivity index (χ4v) is 1.87. The van der Waals surface area contributed by atoms with Crippen LogP contribution in [0.25, 0.3) is 0 Å². The fraction of sp³-hybridized carbons (Fsp3) is 0.267. The maximum atomic E-state index is 5.88. The molecule has 3 heteroatoms. The molecule has 2 nitrogen and oxygen atoms in total. The number of ether oxygens (including phenoxy) is 1. The molecule has 1 aromatic heterocycles. The molecule has 1 aromatic carbocycles. The molecule has 2 rings (SSSR count). The number of benzene rings is 1. The molecule has 1 heterocycles. The smallest absolute Gasteiger partial charge is 0.219 e. The van der Waals surface area contributed by atoms with E-state index >= 15 is 0 Å². The Morgan fingerprint density at radius 2 is 2.00 bits per heavy atom. The molecule has 0 N–H and O–H groups in total. The van der Waals surface area contributed by atoms with Gasteiger partial charge >= 0.3 is 0 Å². The van der Waals surface area contributed by atoms with E-state index in [0.29, 0.717) is 11.8 Å². The van der Waals surface area contributed by atoms with Crippen LogP contribution in [0.2, 0.25) is 0 Å². The minimum atomic E-state index is 0.472. The van der Waals surface area contributed by atoms with Crippen molar-refractivity contribution in [2.45, 2.75) is 26.1 Å². The molecule has 0 bridgehead atoms. The second kappa shape index (κ2) is 5.87. The topological polar surface area (TPSA) is 22.1 Å². The summed E-state index contributed by atoms with van der Waals surface area (Å²) < 4.78 is 5.82. The summed E-state index contributed by atoms with van der Waals surface area (Å²) in [6.45, 7) is 4.08. The molecule has 0 spiro atoms. The molecule has 0 aliphatic rings. The van der Waals surface area contributed by atoms with Crippen molar-refractivity contribution in [1.29, 1.82) is 0 Å². The van der Waals surface area contributed by atoms with E-state index in [1.807, 2.05) is 43.3 Å². The zero-order chi connectivity index (χ0) is 13.0. The Kier molecular flexibility index (Phi) is 4.21. The van der Waals surface area contributed by atoms with Crippen molar-refractivity contribution in [3.63, 3.8) is 0 Å². The number of hydrogen-bond acceptors (Lipinski definition) is 2. The lowest BCUT2D eigenvalue weighted by Crippen LogP contribution is -1.95. The minimum Gasteiger partial charge on any atom is -0.439 e. The van der Waals surface area contributed by atoms with E-state index in [0.717, 1.165) is 29.0 Å². The van der Waals surface area contributed by atoms with Gasteiger partial charge in [0, 0.05) is 17.6 Å². The van der Waals surface area contributed by atoms with Crippen molar-refractivity contribution in [1.82, 2.24) is 4.98 Å². The predicted octanol–water partition coefficient (Wildman–Crippen LogP) is 4.48. The number of aryl methyl sites for hydroxylation is 2. The van der Waals surface area contributed by atoms with E-state index in [-0.39, 0.29) is 0 Å². The van der Waals surface area contributed by atoms with Crippen LogP contribution in [0.4, 0.5) is 0 Å². The van der Waals surface area contributed by atoms with E-state index in [1.54, 1.807) is 0 Å². The van der Waals surface area contributed by atoms with Gasteiger partial charge in [-0.2, -0.15) is 0 Å². The number of pyridine rings is 1. The van der Waals surface area contributed by atoms with Gasteiger partial charge in [0.25, 0.3) is 0 Å².